The largest absolute Gasteiger partial charge is 0.393 e. The highest BCUT2D eigenvalue weighted by atomic mass is 16.5. The molecule has 1 N–H and O–H groups in total. The summed E-state index contributed by atoms with van der Waals surface area (Å²) in [6.45, 7) is 0.867. The van der Waals surface area contributed by atoms with Crippen molar-refractivity contribution in [1.82, 2.24) is 0 Å². The Labute approximate surface area is 54.8 Å². The van der Waals surface area contributed by atoms with Crippen molar-refractivity contribution in [3.8, 4) is 0 Å². The van der Waals surface area contributed by atoms with Crippen LogP contribution in [-0.2, 0) is 4.74 Å². The van der Waals surface area contributed by atoms with E-state index in [0.717, 1.165) is 25.9 Å². The molecule has 2 nitrogen and oxygen atoms in total. The quantitative estimate of drug-likeness (QED) is 0.516. The van der Waals surface area contributed by atoms with Gasteiger partial charge in [-0.3, -0.25) is 0 Å². The van der Waals surface area contributed by atoms with E-state index in [1.807, 2.05) is 0 Å². The zero-order valence-corrected chi connectivity index (χ0v) is 5.42. The fourth-order valence-corrected chi connectivity index (χ4v) is 1.95. The van der Waals surface area contributed by atoms with E-state index in [2.05, 4.69) is 0 Å². The van der Waals surface area contributed by atoms with E-state index >= 15 is 0 Å². The third kappa shape index (κ3) is 0.775. The molecule has 2 rings (SSSR count). The molecule has 3 atom stereocenters. The fraction of sp³-hybridized carbons (Fsp3) is 1.00. The molecule has 0 bridgehead atoms. The van der Waals surface area contributed by atoms with Crippen LogP contribution < -0.4 is 0 Å². The summed E-state index contributed by atoms with van der Waals surface area (Å²) < 4.78 is 5.39. The molecule has 0 spiro atoms. The molecule has 0 radical (unpaired) electrons. The SMILES string of the molecule is OC1CC[C@@H]2OCCC12. The van der Waals surface area contributed by atoms with E-state index in [1.165, 1.54) is 0 Å². The molecule has 52 valence electrons. The van der Waals surface area contributed by atoms with Gasteiger partial charge >= 0.3 is 0 Å². The van der Waals surface area contributed by atoms with Gasteiger partial charge in [0.05, 0.1) is 12.2 Å². The zero-order valence-electron chi connectivity index (χ0n) is 5.42. The van der Waals surface area contributed by atoms with E-state index < -0.39 is 0 Å². The normalized spacial score (nSPS) is 49.7. The summed E-state index contributed by atoms with van der Waals surface area (Å²) in [7, 11) is 0. The van der Waals surface area contributed by atoms with Crippen LogP contribution in [0.3, 0.4) is 0 Å². The van der Waals surface area contributed by atoms with E-state index in [9.17, 15) is 5.11 Å². The Balaban J connectivity index is 2.07. The summed E-state index contributed by atoms with van der Waals surface area (Å²) in [4.78, 5) is 0. The minimum atomic E-state index is -0.0579. The molecule has 2 aliphatic rings. The monoisotopic (exact) mass is 128 g/mol. The minimum Gasteiger partial charge on any atom is -0.393 e. The molecule has 2 heteroatoms. The van der Waals surface area contributed by atoms with Crippen LogP contribution in [0.1, 0.15) is 19.3 Å². The van der Waals surface area contributed by atoms with Gasteiger partial charge in [0.15, 0.2) is 0 Å². The van der Waals surface area contributed by atoms with Crippen molar-refractivity contribution < 1.29 is 9.84 Å². The predicted molar refractivity (Wildman–Crippen MR) is 33.1 cm³/mol. The molecular formula is C7H12O2. The van der Waals surface area contributed by atoms with Crippen molar-refractivity contribution in [3.63, 3.8) is 0 Å². The number of ether oxygens (including phenoxy) is 1. The average molecular weight is 128 g/mol. The maximum atomic E-state index is 9.32. The summed E-state index contributed by atoms with van der Waals surface area (Å²) in [5.41, 5.74) is 0. The molecule has 2 unspecified atom stereocenters. The van der Waals surface area contributed by atoms with Gasteiger partial charge in [0.1, 0.15) is 0 Å². The molecule has 1 aliphatic heterocycles. The first kappa shape index (κ1) is 5.69. The molecule has 0 amide bonds. The number of aliphatic hydroxyl groups is 1. The maximum Gasteiger partial charge on any atom is 0.0629 e. The van der Waals surface area contributed by atoms with Crippen molar-refractivity contribution in [2.75, 3.05) is 6.61 Å². The second kappa shape index (κ2) is 1.96. The molecule has 0 aromatic carbocycles. The summed E-state index contributed by atoms with van der Waals surface area (Å²) in [5, 5.41) is 9.32. The van der Waals surface area contributed by atoms with Gasteiger partial charge in [-0.25, -0.2) is 0 Å². The lowest BCUT2D eigenvalue weighted by Gasteiger charge is -2.09. The number of hydrogen-bond donors (Lipinski definition) is 1. The van der Waals surface area contributed by atoms with Crippen LogP contribution >= 0.6 is 0 Å². The molecule has 2 fully saturated rings. The Kier molecular flexibility index (Phi) is 1.24. The zero-order chi connectivity index (χ0) is 6.27. The highest BCUT2D eigenvalue weighted by Gasteiger charge is 2.38. The van der Waals surface area contributed by atoms with E-state index in [-0.39, 0.29) is 6.10 Å². The first-order chi connectivity index (χ1) is 4.38. The second-order valence-electron chi connectivity index (χ2n) is 3.01. The predicted octanol–water partition coefficient (Wildman–Crippen LogP) is 0.546. The Hall–Kier alpha value is -0.0800. The highest BCUT2D eigenvalue weighted by Crippen LogP contribution is 2.35. The Morgan fingerprint density at radius 2 is 2.11 bits per heavy atom. The molecule has 1 saturated heterocycles. The minimum absolute atomic E-state index is 0.0579. The van der Waals surface area contributed by atoms with E-state index in [1.54, 1.807) is 0 Å². The van der Waals surface area contributed by atoms with Crippen molar-refractivity contribution in [2.45, 2.75) is 31.5 Å². The van der Waals surface area contributed by atoms with Gasteiger partial charge in [-0.1, -0.05) is 0 Å². The standard InChI is InChI=1S/C7H12O2/c8-6-1-2-7-5(6)3-4-9-7/h5-8H,1-4H2/t5?,6?,7-/m0/s1. The fourth-order valence-electron chi connectivity index (χ4n) is 1.95. The lowest BCUT2D eigenvalue weighted by atomic mass is 10.0. The summed E-state index contributed by atoms with van der Waals surface area (Å²) in [6.07, 6.45) is 3.45. The number of fused-ring (bicyclic) bond motifs is 1. The summed E-state index contributed by atoms with van der Waals surface area (Å²) >= 11 is 0. The van der Waals surface area contributed by atoms with Crippen LogP contribution in [0.5, 0.6) is 0 Å². The number of aliphatic hydroxyl groups excluding tert-OH is 1. The third-order valence-corrected chi connectivity index (χ3v) is 2.50. The van der Waals surface area contributed by atoms with Gasteiger partial charge in [0.25, 0.3) is 0 Å². The van der Waals surface area contributed by atoms with E-state index in [4.69, 9.17) is 4.74 Å². The summed E-state index contributed by atoms with van der Waals surface area (Å²) in [6, 6.07) is 0. The maximum absolute atomic E-state index is 9.32. The summed E-state index contributed by atoms with van der Waals surface area (Å²) in [5.74, 6) is 0.477. The van der Waals surface area contributed by atoms with Crippen LogP contribution in [0.2, 0.25) is 0 Å². The number of rotatable bonds is 0. The lowest BCUT2D eigenvalue weighted by molar-refractivity contribution is 0.0831. The Morgan fingerprint density at radius 3 is 2.89 bits per heavy atom. The highest BCUT2D eigenvalue weighted by molar-refractivity contribution is 4.88. The Bertz CT molecular complexity index is 113. The van der Waals surface area contributed by atoms with Gasteiger partial charge in [-0.2, -0.15) is 0 Å². The first-order valence-corrected chi connectivity index (χ1v) is 3.67. The van der Waals surface area contributed by atoms with Gasteiger partial charge in [-0.15, -0.1) is 0 Å². The average Bonchev–Trinajstić information content (AvgIpc) is 2.35. The van der Waals surface area contributed by atoms with E-state index in [0.29, 0.717) is 12.0 Å². The topological polar surface area (TPSA) is 29.5 Å². The van der Waals surface area contributed by atoms with Crippen LogP contribution in [0.4, 0.5) is 0 Å². The van der Waals surface area contributed by atoms with Crippen LogP contribution in [-0.4, -0.2) is 23.9 Å². The molecule has 0 aromatic heterocycles. The smallest absolute Gasteiger partial charge is 0.0629 e. The van der Waals surface area contributed by atoms with Crippen molar-refractivity contribution in [2.24, 2.45) is 5.92 Å². The van der Waals surface area contributed by atoms with Gasteiger partial charge in [-0.05, 0) is 19.3 Å². The van der Waals surface area contributed by atoms with Crippen molar-refractivity contribution in [3.05, 3.63) is 0 Å². The number of hydrogen-bond acceptors (Lipinski definition) is 2. The lowest BCUT2D eigenvalue weighted by Crippen LogP contribution is -2.17. The molecule has 0 aromatic rings. The van der Waals surface area contributed by atoms with Gasteiger partial charge in [0.2, 0.25) is 0 Å². The van der Waals surface area contributed by atoms with Gasteiger partial charge in [0, 0.05) is 12.5 Å². The van der Waals surface area contributed by atoms with Crippen LogP contribution in [0, 0.1) is 5.92 Å². The van der Waals surface area contributed by atoms with Crippen molar-refractivity contribution in [1.29, 1.82) is 0 Å². The molecule has 1 saturated carbocycles. The van der Waals surface area contributed by atoms with Gasteiger partial charge < -0.3 is 9.84 Å². The Morgan fingerprint density at radius 1 is 1.22 bits per heavy atom. The molecule has 1 heterocycles. The molecule has 9 heavy (non-hydrogen) atoms. The first-order valence-electron chi connectivity index (χ1n) is 3.67. The molecular weight excluding hydrogens is 116 g/mol. The molecule has 1 aliphatic carbocycles. The third-order valence-electron chi connectivity index (χ3n) is 2.50. The van der Waals surface area contributed by atoms with Crippen molar-refractivity contribution >= 4 is 0 Å². The van der Waals surface area contributed by atoms with Crippen LogP contribution in [0.15, 0.2) is 0 Å². The second-order valence-corrected chi connectivity index (χ2v) is 3.01. The van der Waals surface area contributed by atoms with Crippen LogP contribution in [0.25, 0.3) is 0 Å².